The molecule has 0 saturated heterocycles. The first kappa shape index (κ1) is 20.2. The highest BCUT2D eigenvalue weighted by Crippen LogP contribution is 2.25. The zero-order chi connectivity index (χ0) is 19.8. The molecule has 1 amide bonds. The van der Waals surface area contributed by atoms with E-state index in [0.29, 0.717) is 12.0 Å². The largest absolute Gasteiger partial charge is 0.467 e. The Morgan fingerprint density at radius 2 is 1.85 bits per heavy atom. The molecule has 144 valence electrons. The average molecular weight is 373 g/mol. The van der Waals surface area contributed by atoms with E-state index >= 15 is 0 Å². The maximum Gasteiger partial charge on any atom is 0.375 e. The van der Waals surface area contributed by atoms with Crippen molar-refractivity contribution in [1.29, 1.82) is 0 Å². The number of carbonyl (C=O) groups excluding carboxylic acids is 3. The summed E-state index contributed by atoms with van der Waals surface area (Å²) in [6.07, 6.45) is 2.06. The summed E-state index contributed by atoms with van der Waals surface area (Å²) in [5.41, 5.74) is 1.37. The molecule has 0 bridgehead atoms. The van der Waals surface area contributed by atoms with Crippen LogP contribution in [0.1, 0.15) is 30.8 Å². The van der Waals surface area contributed by atoms with Gasteiger partial charge in [-0.25, -0.2) is 9.59 Å². The molecular weight excluding hydrogens is 350 g/mol. The summed E-state index contributed by atoms with van der Waals surface area (Å²) in [4.78, 5) is 36.2. The fourth-order valence-corrected chi connectivity index (χ4v) is 2.52. The highest BCUT2D eigenvalue weighted by atomic mass is 16.5. The molecule has 2 rings (SSSR count). The van der Waals surface area contributed by atoms with Gasteiger partial charge in [0.25, 0.3) is 5.91 Å². The maximum atomic E-state index is 12.3. The van der Waals surface area contributed by atoms with Gasteiger partial charge in [0.15, 0.2) is 6.61 Å². The zero-order valence-electron chi connectivity index (χ0n) is 15.6. The van der Waals surface area contributed by atoms with Crippen molar-refractivity contribution in [3.63, 3.8) is 0 Å². The van der Waals surface area contributed by atoms with Gasteiger partial charge in [-0.2, -0.15) is 0 Å². The van der Waals surface area contributed by atoms with Crippen molar-refractivity contribution >= 4 is 17.8 Å². The third-order valence-electron chi connectivity index (χ3n) is 4.25. The van der Waals surface area contributed by atoms with Crippen LogP contribution in [0, 0.1) is 5.92 Å². The van der Waals surface area contributed by atoms with Gasteiger partial charge in [-0.05, 0) is 17.5 Å². The van der Waals surface area contributed by atoms with Gasteiger partial charge in [-0.1, -0.05) is 50.6 Å². The molecule has 2 atom stereocenters. The molecule has 7 heteroatoms. The lowest BCUT2D eigenvalue weighted by Gasteiger charge is -2.21. The molecule has 27 heavy (non-hydrogen) atoms. The molecule has 2 aromatic rings. The number of hydrogen-bond donors (Lipinski definition) is 1. The van der Waals surface area contributed by atoms with Crippen molar-refractivity contribution in [2.24, 2.45) is 5.92 Å². The van der Waals surface area contributed by atoms with E-state index in [1.165, 1.54) is 13.4 Å². The van der Waals surface area contributed by atoms with E-state index in [9.17, 15) is 14.4 Å². The van der Waals surface area contributed by atoms with Crippen LogP contribution in [0.5, 0.6) is 0 Å². The Bertz CT molecular complexity index is 783. The summed E-state index contributed by atoms with van der Waals surface area (Å²) in [5, 5.41) is 2.54. The van der Waals surface area contributed by atoms with Gasteiger partial charge < -0.3 is 19.2 Å². The number of esters is 2. The SMILES string of the molecule is CCC(C)C(NC(=O)COC(=O)c1occc1-c1ccccc1)C(=O)OC. The molecule has 1 N–H and O–H groups in total. The van der Waals surface area contributed by atoms with Crippen molar-refractivity contribution in [1.82, 2.24) is 5.32 Å². The number of carbonyl (C=O) groups is 3. The predicted molar refractivity (Wildman–Crippen MR) is 97.8 cm³/mol. The van der Waals surface area contributed by atoms with Crippen molar-refractivity contribution in [3.05, 3.63) is 48.4 Å². The van der Waals surface area contributed by atoms with Crippen LogP contribution in [0.3, 0.4) is 0 Å². The summed E-state index contributed by atoms with van der Waals surface area (Å²) in [6, 6.07) is 10.1. The van der Waals surface area contributed by atoms with Crippen LogP contribution in [0.2, 0.25) is 0 Å². The molecule has 1 aromatic heterocycles. The van der Waals surface area contributed by atoms with E-state index in [0.717, 1.165) is 5.56 Å². The highest BCUT2D eigenvalue weighted by molar-refractivity contribution is 5.95. The lowest BCUT2D eigenvalue weighted by atomic mass is 9.99. The Morgan fingerprint density at radius 3 is 2.48 bits per heavy atom. The Hall–Kier alpha value is -3.09. The standard InChI is InChI=1S/C20H23NO6/c1-4-13(2)17(19(23)25-3)21-16(22)12-27-20(24)18-15(10-11-26-18)14-8-6-5-7-9-14/h5-11,13,17H,4,12H2,1-3H3,(H,21,22). The van der Waals surface area contributed by atoms with E-state index in [4.69, 9.17) is 13.9 Å². The van der Waals surface area contributed by atoms with E-state index in [2.05, 4.69) is 5.32 Å². The normalized spacial score (nSPS) is 12.7. The van der Waals surface area contributed by atoms with Crippen molar-refractivity contribution in [2.45, 2.75) is 26.3 Å². The van der Waals surface area contributed by atoms with E-state index in [1.54, 1.807) is 6.07 Å². The third-order valence-corrected chi connectivity index (χ3v) is 4.25. The van der Waals surface area contributed by atoms with Crippen LogP contribution in [-0.4, -0.2) is 37.6 Å². The molecule has 0 saturated carbocycles. The fourth-order valence-electron chi connectivity index (χ4n) is 2.52. The van der Waals surface area contributed by atoms with Crippen LogP contribution < -0.4 is 5.32 Å². The van der Waals surface area contributed by atoms with Crippen LogP contribution in [0.15, 0.2) is 47.1 Å². The molecular formula is C20H23NO6. The molecule has 0 spiro atoms. The Balaban J connectivity index is 1.99. The van der Waals surface area contributed by atoms with E-state index in [1.807, 2.05) is 44.2 Å². The monoisotopic (exact) mass is 373 g/mol. The molecule has 1 aromatic carbocycles. The van der Waals surface area contributed by atoms with Gasteiger partial charge in [0.1, 0.15) is 6.04 Å². The van der Waals surface area contributed by atoms with Gasteiger partial charge >= 0.3 is 11.9 Å². The molecule has 0 radical (unpaired) electrons. The minimum absolute atomic E-state index is 0.0143. The number of nitrogens with one attached hydrogen (secondary N) is 1. The molecule has 0 fully saturated rings. The molecule has 0 aliphatic rings. The van der Waals surface area contributed by atoms with Crippen molar-refractivity contribution < 1.29 is 28.3 Å². The van der Waals surface area contributed by atoms with Gasteiger partial charge in [-0.15, -0.1) is 0 Å². The number of rotatable bonds is 8. The highest BCUT2D eigenvalue weighted by Gasteiger charge is 2.27. The van der Waals surface area contributed by atoms with Gasteiger partial charge in [0, 0.05) is 5.56 Å². The number of benzene rings is 1. The molecule has 7 nitrogen and oxygen atoms in total. The summed E-state index contributed by atoms with van der Waals surface area (Å²) in [6.45, 7) is 3.19. The molecule has 1 heterocycles. The first-order chi connectivity index (χ1) is 13.0. The molecule has 0 aliphatic heterocycles. The molecule has 0 aliphatic carbocycles. The number of furan rings is 1. The first-order valence-corrected chi connectivity index (χ1v) is 8.65. The quantitative estimate of drug-likeness (QED) is 0.715. The first-order valence-electron chi connectivity index (χ1n) is 8.65. The van der Waals surface area contributed by atoms with Crippen LogP contribution in [0.25, 0.3) is 11.1 Å². The van der Waals surface area contributed by atoms with Crippen molar-refractivity contribution in [2.75, 3.05) is 13.7 Å². The number of ether oxygens (including phenoxy) is 2. The summed E-state index contributed by atoms with van der Waals surface area (Å²) in [5.74, 6) is -1.99. The second-order valence-corrected chi connectivity index (χ2v) is 6.06. The lowest BCUT2D eigenvalue weighted by Crippen LogP contribution is -2.47. The number of amides is 1. The van der Waals surface area contributed by atoms with Crippen molar-refractivity contribution in [3.8, 4) is 11.1 Å². The van der Waals surface area contributed by atoms with Crippen LogP contribution in [0.4, 0.5) is 0 Å². The predicted octanol–water partition coefficient (Wildman–Crippen LogP) is 2.81. The van der Waals surface area contributed by atoms with Crippen LogP contribution >= 0.6 is 0 Å². The third kappa shape index (κ3) is 5.20. The lowest BCUT2D eigenvalue weighted by molar-refractivity contribution is -0.147. The van der Waals surface area contributed by atoms with E-state index < -0.39 is 30.5 Å². The van der Waals surface area contributed by atoms with Crippen LogP contribution in [-0.2, 0) is 19.1 Å². The fraction of sp³-hybridized carbons (Fsp3) is 0.350. The Labute approximate surface area is 157 Å². The number of hydrogen-bond acceptors (Lipinski definition) is 6. The zero-order valence-corrected chi connectivity index (χ0v) is 15.6. The van der Waals surface area contributed by atoms with Gasteiger partial charge in [-0.3, -0.25) is 4.79 Å². The number of methoxy groups -OCH3 is 1. The smallest absolute Gasteiger partial charge is 0.375 e. The minimum Gasteiger partial charge on any atom is -0.467 e. The van der Waals surface area contributed by atoms with E-state index in [-0.39, 0.29) is 11.7 Å². The average Bonchev–Trinajstić information content (AvgIpc) is 3.19. The second kappa shape index (κ2) is 9.56. The summed E-state index contributed by atoms with van der Waals surface area (Å²) >= 11 is 0. The minimum atomic E-state index is -0.797. The molecule has 2 unspecified atom stereocenters. The topological polar surface area (TPSA) is 94.8 Å². The Kier molecular flexibility index (Phi) is 7.16. The van der Waals surface area contributed by atoms with Gasteiger partial charge in [0.05, 0.1) is 13.4 Å². The summed E-state index contributed by atoms with van der Waals surface area (Å²) < 4.78 is 15.0. The van der Waals surface area contributed by atoms with Gasteiger partial charge in [0.2, 0.25) is 5.76 Å². The maximum absolute atomic E-state index is 12.3. The second-order valence-electron chi connectivity index (χ2n) is 6.06. The summed E-state index contributed by atoms with van der Waals surface area (Å²) in [7, 11) is 1.26. The Morgan fingerprint density at radius 1 is 1.15 bits per heavy atom.